The van der Waals surface area contributed by atoms with Crippen LogP contribution in [0, 0.1) is 0 Å². The minimum Gasteiger partial charge on any atom is -0.344 e. The third-order valence-electron chi connectivity index (χ3n) is 3.36. The summed E-state index contributed by atoms with van der Waals surface area (Å²) in [6, 6.07) is 0.574. The Balaban J connectivity index is 2.22. The number of hydrogen-bond acceptors (Lipinski definition) is 2. The van der Waals surface area contributed by atoms with Gasteiger partial charge in [-0.1, -0.05) is 15.9 Å². The molecule has 1 rings (SSSR count). The Hall–Kier alpha value is -0.0900. The average molecular weight is 291 g/mol. The van der Waals surface area contributed by atoms with Crippen LogP contribution in [-0.4, -0.2) is 54.3 Å². The number of likely N-dealkylation sites (tertiary alicyclic amines) is 1. The van der Waals surface area contributed by atoms with E-state index >= 15 is 0 Å². The zero-order valence-electron chi connectivity index (χ0n) is 10.4. The first-order valence-electron chi connectivity index (χ1n) is 6.15. The fourth-order valence-corrected chi connectivity index (χ4v) is 2.59. The maximum absolute atomic E-state index is 11.8. The number of alkyl halides is 1. The molecule has 0 aromatic carbocycles. The standard InChI is InChI=1S/C12H23BrN2O/c1-14-9-5-6-11(14)10-15(2)12(16)7-3-4-8-13/h11H,3-10H2,1-2H3. The second kappa shape index (κ2) is 7.28. The van der Waals surface area contributed by atoms with Crippen LogP contribution in [0.3, 0.4) is 0 Å². The van der Waals surface area contributed by atoms with Gasteiger partial charge in [0.25, 0.3) is 0 Å². The predicted octanol–water partition coefficient (Wildman–Crippen LogP) is 2.10. The van der Waals surface area contributed by atoms with Gasteiger partial charge < -0.3 is 9.80 Å². The highest BCUT2D eigenvalue weighted by molar-refractivity contribution is 9.09. The van der Waals surface area contributed by atoms with Crippen molar-refractivity contribution in [2.24, 2.45) is 0 Å². The van der Waals surface area contributed by atoms with Crippen molar-refractivity contribution in [3.8, 4) is 0 Å². The van der Waals surface area contributed by atoms with Gasteiger partial charge in [0.1, 0.15) is 0 Å². The van der Waals surface area contributed by atoms with E-state index in [2.05, 4.69) is 27.9 Å². The van der Waals surface area contributed by atoms with Crippen LogP contribution in [0.25, 0.3) is 0 Å². The van der Waals surface area contributed by atoms with Gasteiger partial charge in [0.15, 0.2) is 0 Å². The van der Waals surface area contributed by atoms with Crippen molar-refractivity contribution in [2.45, 2.75) is 38.1 Å². The Morgan fingerprint density at radius 2 is 2.25 bits per heavy atom. The summed E-state index contributed by atoms with van der Waals surface area (Å²) in [6.45, 7) is 2.07. The number of carbonyl (C=O) groups is 1. The van der Waals surface area contributed by atoms with Crippen LogP contribution in [0.1, 0.15) is 32.1 Å². The maximum Gasteiger partial charge on any atom is 0.222 e. The number of hydrogen-bond donors (Lipinski definition) is 0. The highest BCUT2D eigenvalue weighted by Gasteiger charge is 2.23. The van der Waals surface area contributed by atoms with Gasteiger partial charge in [-0.15, -0.1) is 0 Å². The molecule has 1 fully saturated rings. The van der Waals surface area contributed by atoms with Crippen molar-refractivity contribution in [3.63, 3.8) is 0 Å². The topological polar surface area (TPSA) is 23.6 Å². The largest absolute Gasteiger partial charge is 0.344 e. The fourth-order valence-electron chi connectivity index (χ4n) is 2.19. The van der Waals surface area contributed by atoms with E-state index in [-0.39, 0.29) is 0 Å². The van der Waals surface area contributed by atoms with E-state index < -0.39 is 0 Å². The summed E-state index contributed by atoms with van der Waals surface area (Å²) in [4.78, 5) is 16.1. The summed E-state index contributed by atoms with van der Waals surface area (Å²) in [5.41, 5.74) is 0. The summed E-state index contributed by atoms with van der Waals surface area (Å²) >= 11 is 3.38. The van der Waals surface area contributed by atoms with E-state index in [0.717, 1.165) is 24.7 Å². The molecule has 0 spiro atoms. The number of unbranched alkanes of at least 4 members (excludes halogenated alkanes) is 1. The Bertz CT molecular complexity index is 223. The van der Waals surface area contributed by atoms with Crippen molar-refractivity contribution in [1.29, 1.82) is 0 Å². The van der Waals surface area contributed by atoms with Gasteiger partial charge in [0, 0.05) is 31.4 Å². The normalized spacial score (nSPS) is 21.3. The molecule has 94 valence electrons. The van der Waals surface area contributed by atoms with E-state index in [4.69, 9.17) is 0 Å². The molecule has 1 aliphatic rings. The molecule has 4 heteroatoms. The van der Waals surface area contributed by atoms with Gasteiger partial charge in [-0.25, -0.2) is 0 Å². The van der Waals surface area contributed by atoms with E-state index in [0.29, 0.717) is 18.4 Å². The third-order valence-corrected chi connectivity index (χ3v) is 3.92. The quantitative estimate of drug-likeness (QED) is 0.553. The third kappa shape index (κ3) is 4.42. The van der Waals surface area contributed by atoms with Crippen LogP contribution in [0.15, 0.2) is 0 Å². The molecule has 1 aliphatic heterocycles. The monoisotopic (exact) mass is 290 g/mol. The second-order valence-electron chi connectivity index (χ2n) is 4.70. The zero-order chi connectivity index (χ0) is 12.0. The molecule has 1 atom stereocenters. The Kier molecular flexibility index (Phi) is 6.36. The molecule has 16 heavy (non-hydrogen) atoms. The van der Waals surface area contributed by atoms with E-state index in [1.807, 2.05) is 11.9 Å². The Morgan fingerprint density at radius 3 is 2.81 bits per heavy atom. The SMILES string of the molecule is CN(CC1CCCN1C)C(=O)CCCCBr. The summed E-state index contributed by atoms with van der Waals surface area (Å²) in [7, 11) is 4.09. The highest BCUT2D eigenvalue weighted by Crippen LogP contribution is 2.15. The van der Waals surface area contributed by atoms with Crippen LogP contribution in [0.5, 0.6) is 0 Å². The average Bonchev–Trinajstić information content (AvgIpc) is 2.64. The number of likely N-dealkylation sites (N-methyl/N-ethyl adjacent to an activating group) is 2. The highest BCUT2D eigenvalue weighted by atomic mass is 79.9. The van der Waals surface area contributed by atoms with Gasteiger partial charge in [0.05, 0.1) is 0 Å². The number of halogens is 1. The maximum atomic E-state index is 11.8. The Labute approximate surface area is 107 Å². The smallest absolute Gasteiger partial charge is 0.222 e. The van der Waals surface area contributed by atoms with Crippen molar-refractivity contribution in [2.75, 3.05) is 32.5 Å². The first kappa shape index (κ1) is 14.0. The lowest BCUT2D eigenvalue weighted by Gasteiger charge is -2.25. The molecule has 0 N–H and O–H groups in total. The van der Waals surface area contributed by atoms with E-state index in [1.165, 1.54) is 19.4 Å². The summed E-state index contributed by atoms with van der Waals surface area (Å²) in [5, 5.41) is 0.995. The summed E-state index contributed by atoms with van der Waals surface area (Å²) in [5.74, 6) is 0.293. The van der Waals surface area contributed by atoms with Crippen LogP contribution in [-0.2, 0) is 4.79 Å². The van der Waals surface area contributed by atoms with Crippen LogP contribution in [0.2, 0.25) is 0 Å². The molecule has 0 radical (unpaired) electrons. The van der Waals surface area contributed by atoms with Gasteiger partial charge in [-0.3, -0.25) is 4.79 Å². The first-order chi connectivity index (χ1) is 7.65. The number of carbonyl (C=O) groups excluding carboxylic acids is 1. The predicted molar refractivity (Wildman–Crippen MR) is 70.9 cm³/mol. The first-order valence-corrected chi connectivity index (χ1v) is 7.27. The summed E-state index contributed by atoms with van der Waals surface area (Å²) in [6.07, 6.45) is 5.28. The van der Waals surface area contributed by atoms with Crippen molar-refractivity contribution in [1.82, 2.24) is 9.80 Å². The van der Waals surface area contributed by atoms with Gasteiger partial charge >= 0.3 is 0 Å². The Morgan fingerprint density at radius 1 is 1.50 bits per heavy atom. The van der Waals surface area contributed by atoms with Crippen molar-refractivity contribution < 1.29 is 4.79 Å². The summed E-state index contributed by atoms with van der Waals surface area (Å²) < 4.78 is 0. The fraction of sp³-hybridized carbons (Fsp3) is 0.917. The zero-order valence-corrected chi connectivity index (χ0v) is 12.0. The molecule has 0 saturated carbocycles. The van der Waals surface area contributed by atoms with Crippen molar-refractivity contribution in [3.05, 3.63) is 0 Å². The van der Waals surface area contributed by atoms with Crippen LogP contribution in [0.4, 0.5) is 0 Å². The molecule has 0 aromatic heterocycles. The lowest BCUT2D eigenvalue weighted by molar-refractivity contribution is -0.130. The minimum absolute atomic E-state index is 0.293. The molecule has 0 aliphatic carbocycles. The van der Waals surface area contributed by atoms with Gasteiger partial charge in [-0.05, 0) is 39.3 Å². The van der Waals surface area contributed by atoms with Gasteiger partial charge in [-0.2, -0.15) is 0 Å². The molecule has 1 heterocycles. The number of nitrogens with zero attached hydrogens (tertiary/aromatic N) is 2. The van der Waals surface area contributed by atoms with Crippen LogP contribution < -0.4 is 0 Å². The lowest BCUT2D eigenvalue weighted by atomic mass is 10.2. The number of amides is 1. The molecular weight excluding hydrogens is 268 g/mol. The minimum atomic E-state index is 0.293. The second-order valence-corrected chi connectivity index (χ2v) is 5.49. The van der Waals surface area contributed by atoms with Crippen LogP contribution >= 0.6 is 15.9 Å². The van der Waals surface area contributed by atoms with E-state index in [1.54, 1.807) is 0 Å². The van der Waals surface area contributed by atoms with Crippen molar-refractivity contribution >= 4 is 21.8 Å². The molecule has 3 nitrogen and oxygen atoms in total. The van der Waals surface area contributed by atoms with Gasteiger partial charge in [0.2, 0.25) is 5.91 Å². The molecule has 1 amide bonds. The molecule has 1 saturated heterocycles. The molecule has 0 bridgehead atoms. The van der Waals surface area contributed by atoms with E-state index in [9.17, 15) is 4.79 Å². The lowest BCUT2D eigenvalue weighted by Crippen LogP contribution is -2.39. The molecular formula is C12H23BrN2O. The number of rotatable bonds is 6. The molecule has 0 aromatic rings. The molecule has 1 unspecified atom stereocenters.